The third-order valence-corrected chi connectivity index (χ3v) is 7.12. The summed E-state index contributed by atoms with van der Waals surface area (Å²) in [5, 5.41) is 18.2. The average Bonchev–Trinajstić information content (AvgIpc) is 2.89. The van der Waals surface area contributed by atoms with Gasteiger partial charge in [-0.25, -0.2) is 9.78 Å². The van der Waals surface area contributed by atoms with Gasteiger partial charge in [0.25, 0.3) is 10.9 Å². The van der Waals surface area contributed by atoms with E-state index in [1.807, 2.05) is 73.3 Å². The fourth-order valence-electron chi connectivity index (χ4n) is 5.12. The van der Waals surface area contributed by atoms with Crippen LogP contribution in [0.15, 0.2) is 64.2 Å². The van der Waals surface area contributed by atoms with Crippen molar-refractivity contribution in [3.05, 3.63) is 86.3 Å². The van der Waals surface area contributed by atoms with E-state index in [0.717, 1.165) is 52.8 Å². The van der Waals surface area contributed by atoms with Crippen molar-refractivity contribution in [2.24, 2.45) is 0 Å². The molecule has 1 aliphatic rings. The van der Waals surface area contributed by atoms with Gasteiger partial charge in [0.2, 0.25) is 0 Å². The molecule has 3 N–H and O–H groups in total. The number of carboxylic acids is 1. The Kier molecular flexibility index (Phi) is 6.65. The van der Waals surface area contributed by atoms with Crippen molar-refractivity contribution in [3.63, 3.8) is 0 Å². The van der Waals surface area contributed by atoms with Crippen LogP contribution in [-0.2, 0) is 11.2 Å². The van der Waals surface area contributed by atoms with E-state index in [2.05, 4.69) is 15.6 Å². The van der Waals surface area contributed by atoms with Crippen LogP contribution in [0.5, 0.6) is 0 Å². The van der Waals surface area contributed by atoms with Gasteiger partial charge in [-0.15, -0.1) is 0 Å². The van der Waals surface area contributed by atoms with Gasteiger partial charge < -0.3 is 20.6 Å². The maximum absolute atomic E-state index is 12.4. The predicted octanol–water partition coefficient (Wildman–Crippen LogP) is 4.37. The molecular weight excluding hydrogens is 468 g/mol. The van der Waals surface area contributed by atoms with Crippen molar-refractivity contribution in [2.75, 3.05) is 22.1 Å². The summed E-state index contributed by atoms with van der Waals surface area (Å²) in [4.78, 5) is 43.4. The van der Waals surface area contributed by atoms with E-state index in [1.165, 1.54) is 0 Å². The quantitative estimate of drug-likeness (QED) is 0.307. The Hall–Kier alpha value is -4.20. The molecule has 5 rings (SSSR count). The second-order valence-corrected chi connectivity index (χ2v) is 9.81. The third kappa shape index (κ3) is 4.91. The van der Waals surface area contributed by atoms with E-state index >= 15 is 0 Å². The lowest BCUT2D eigenvalue weighted by atomic mass is 9.99. The first-order valence-corrected chi connectivity index (χ1v) is 12.6. The zero-order valence-corrected chi connectivity index (χ0v) is 21.0. The van der Waals surface area contributed by atoms with E-state index in [9.17, 15) is 19.5 Å². The van der Waals surface area contributed by atoms with Gasteiger partial charge in [-0.2, -0.15) is 0 Å². The maximum Gasteiger partial charge on any atom is 0.326 e. The van der Waals surface area contributed by atoms with Crippen LogP contribution in [0.2, 0.25) is 0 Å². The van der Waals surface area contributed by atoms with Crippen LogP contribution in [0.1, 0.15) is 37.4 Å². The first-order valence-electron chi connectivity index (χ1n) is 12.6. The van der Waals surface area contributed by atoms with Crippen LogP contribution in [0, 0.1) is 6.92 Å². The summed E-state index contributed by atoms with van der Waals surface area (Å²) in [7, 11) is 0. The molecule has 0 radical (unpaired) electrons. The van der Waals surface area contributed by atoms with Gasteiger partial charge in [-0.3, -0.25) is 9.59 Å². The number of carboxylic acid groups (broad SMARTS) is 1. The molecule has 190 valence electrons. The Morgan fingerprint density at radius 1 is 1.11 bits per heavy atom. The number of anilines is 4. The van der Waals surface area contributed by atoms with E-state index in [4.69, 9.17) is 0 Å². The second kappa shape index (κ2) is 10.0. The highest BCUT2D eigenvalue weighted by molar-refractivity contribution is 5.93. The number of aryl methyl sites for hydroxylation is 1. The molecule has 1 aromatic heterocycles. The first kappa shape index (κ1) is 24.5. The number of aliphatic carboxylic acids is 1. The lowest BCUT2D eigenvalue weighted by molar-refractivity contribution is -0.137. The minimum absolute atomic E-state index is 0.127. The molecule has 0 spiro atoms. The predicted molar refractivity (Wildman–Crippen MR) is 147 cm³/mol. The monoisotopic (exact) mass is 498 g/mol. The summed E-state index contributed by atoms with van der Waals surface area (Å²) in [6, 6.07) is 16.6. The van der Waals surface area contributed by atoms with Crippen molar-refractivity contribution in [1.82, 2.24) is 4.98 Å². The number of rotatable bonds is 8. The van der Waals surface area contributed by atoms with Gasteiger partial charge in [0.15, 0.2) is 0 Å². The highest BCUT2D eigenvalue weighted by Crippen LogP contribution is 2.29. The van der Waals surface area contributed by atoms with Gasteiger partial charge in [0.1, 0.15) is 23.2 Å². The van der Waals surface area contributed by atoms with Crippen molar-refractivity contribution >= 4 is 39.6 Å². The zero-order valence-electron chi connectivity index (χ0n) is 21.0. The molecule has 0 saturated carbocycles. The summed E-state index contributed by atoms with van der Waals surface area (Å²) < 4.78 is 0. The van der Waals surface area contributed by atoms with Gasteiger partial charge >= 0.3 is 5.97 Å². The summed E-state index contributed by atoms with van der Waals surface area (Å²) in [5.41, 5.74) is 1.81. The molecule has 1 fully saturated rings. The maximum atomic E-state index is 12.4. The fourth-order valence-corrected chi connectivity index (χ4v) is 5.12. The SMILES string of the molecule is Cc1cc2ccccc2c(Nc2ccc(CC(Nc3c(N4CCCCC4C)c(=O)c3=O)C(=O)O)cc2)n1. The number of carbonyl (C=O) groups is 1. The highest BCUT2D eigenvalue weighted by Gasteiger charge is 2.32. The van der Waals surface area contributed by atoms with Crippen molar-refractivity contribution in [1.29, 1.82) is 0 Å². The number of pyridine rings is 1. The van der Waals surface area contributed by atoms with Crippen LogP contribution >= 0.6 is 0 Å². The summed E-state index contributed by atoms with van der Waals surface area (Å²) >= 11 is 0. The number of nitrogens with one attached hydrogen (secondary N) is 2. The Morgan fingerprint density at radius 3 is 2.59 bits per heavy atom. The zero-order chi connectivity index (χ0) is 26.1. The molecule has 0 bridgehead atoms. The molecule has 2 atom stereocenters. The van der Waals surface area contributed by atoms with Crippen LogP contribution in [-0.4, -0.2) is 34.7 Å². The topological polar surface area (TPSA) is 112 Å². The average molecular weight is 499 g/mol. The summed E-state index contributed by atoms with van der Waals surface area (Å²) in [6.45, 7) is 4.67. The number of benzene rings is 2. The number of fused-ring (bicyclic) bond motifs is 1. The molecule has 8 nitrogen and oxygen atoms in total. The summed E-state index contributed by atoms with van der Waals surface area (Å²) in [5.74, 6) is -0.323. The normalized spacial score (nSPS) is 16.6. The standard InChI is InChI=1S/C29H30N4O4/c1-17-15-20-8-3-4-9-22(20)28(30-17)31-21-12-10-19(11-13-21)16-23(29(36)37)32-24-25(27(35)26(24)34)33-14-6-5-7-18(33)2/h3-4,8-13,15,18,23,32H,5-7,14,16H2,1-2H3,(H,30,31)(H,36,37). The molecule has 1 saturated heterocycles. The number of hydrogen-bond donors (Lipinski definition) is 3. The van der Waals surface area contributed by atoms with E-state index in [-0.39, 0.29) is 18.2 Å². The molecule has 3 aromatic carbocycles. The van der Waals surface area contributed by atoms with Crippen LogP contribution in [0.4, 0.5) is 22.9 Å². The van der Waals surface area contributed by atoms with E-state index < -0.39 is 22.9 Å². The smallest absolute Gasteiger partial charge is 0.326 e. The first-order chi connectivity index (χ1) is 17.8. The van der Waals surface area contributed by atoms with Gasteiger partial charge in [0.05, 0.1) is 0 Å². The van der Waals surface area contributed by atoms with Crippen molar-refractivity contribution in [3.8, 4) is 0 Å². The Morgan fingerprint density at radius 2 is 1.86 bits per heavy atom. The van der Waals surface area contributed by atoms with Crippen molar-refractivity contribution in [2.45, 2.75) is 51.6 Å². The molecule has 4 aromatic rings. The minimum atomic E-state index is -1.08. The largest absolute Gasteiger partial charge is 0.480 e. The fraction of sp³-hybridized carbons (Fsp3) is 0.310. The molecule has 0 aliphatic carbocycles. The molecule has 0 amide bonds. The molecule has 2 heterocycles. The summed E-state index contributed by atoms with van der Waals surface area (Å²) in [6.07, 6.45) is 3.12. The van der Waals surface area contributed by atoms with Gasteiger partial charge in [0, 0.05) is 35.8 Å². The lowest BCUT2D eigenvalue weighted by Crippen LogP contribution is -2.49. The number of piperidine rings is 1. The minimum Gasteiger partial charge on any atom is -0.480 e. The molecule has 2 unspecified atom stereocenters. The van der Waals surface area contributed by atoms with Crippen molar-refractivity contribution < 1.29 is 9.90 Å². The van der Waals surface area contributed by atoms with Crippen LogP contribution in [0.25, 0.3) is 10.8 Å². The highest BCUT2D eigenvalue weighted by atomic mass is 16.4. The van der Waals surface area contributed by atoms with Gasteiger partial charge in [-0.1, -0.05) is 36.4 Å². The van der Waals surface area contributed by atoms with Gasteiger partial charge in [-0.05, 0) is 62.3 Å². The molecular formula is C29H30N4O4. The lowest BCUT2D eigenvalue weighted by Gasteiger charge is -2.37. The number of nitrogens with zero attached hydrogens (tertiary/aromatic N) is 2. The van der Waals surface area contributed by atoms with E-state index in [1.54, 1.807) is 0 Å². The Labute approximate surface area is 214 Å². The third-order valence-electron chi connectivity index (χ3n) is 7.12. The number of aromatic nitrogens is 1. The molecule has 1 aliphatic heterocycles. The molecule has 8 heteroatoms. The Balaban J connectivity index is 1.32. The van der Waals surface area contributed by atoms with E-state index in [0.29, 0.717) is 12.2 Å². The number of hydrogen-bond acceptors (Lipinski definition) is 7. The Bertz CT molecular complexity index is 1520. The second-order valence-electron chi connectivity index (χ2n) is 9.81. The van der Waals surface area contributed by atoms with Crippen LogP contribution < -0.4 is 26.4 Å². The molecule has 37 heavy (non-hydrogen) atoms. The van der Waals surface area contributed by atoms with Crippen LogP contribution in [0.3, 0.4) is 0 Å².